The Morgan fingerprint density at radius 3 is 2.75 bits per heavy atom. The molecule has 0 saturated carbocycles. The zero-order valence-corrected chi connectivity index (χ0v) is 10.7. The topological polar surface area (TPSA) is 18.5 Å². The van der Waals surface area contributed by atoms with Gasteiger partial charge >= 0.3 is 0 Å². The van der Waals surface area contributed by atoms with E-state index in [4.69, 9.17) is 0 Å². The first kappa shape index (κ1) is 11.0. The fourth-order valence-corrected chi connectivity index (χ4v) is 3.91. The van der Waals surface area contributed by atoms with Crippen LogP contribution >= 0.6 is 0 Å². The Morgan fingerprint density at radius 2 is 2.00 bits per heavy atom. The molecule has 3 rings (SSSR count). The van der Waals surface area contributed by atoms with E-state index in [2.05, 4.69) is 29.0 Å². The van der Waals surface area contributed by atoms with Crippen LogP contribution in [0.5, 0.6) is 0 Å². The van der Waals surface area contributed by atoms with Crippen LogP contribution in [-0.2, 0) is 0 Å². The van der Waals surface area contributed by atoms with Gasteiger partial charge in [0.25, 0.3) is 0 Å². The zero-order valence-electron chi connectivity index (χ0n) is 10.7. The first-order valence-corrected chi connectivity index (χ1v) is 6.96. The van der Waals surface area contributed by atoms with Crippen molar-refractivity contribution in [2.45, 2.75) is 44.8 Å². The highest BCUT2D eigenvalue weighted by Gasteiger charge is 2.39. The highest BCUT2D eigenvalue weighted by molar-refractivity contribution is 4.96. The number of rotatable bonds is 1. The smallest absolute Gasteiger partial charge is 0.0262 e. The molecule has 3 nitrogen and oxygen atoms in total. The van der Waals surface area contributed by atoms with Crippen LogP contribution in [0.3, 0.4) is 0 Å². The van der Waals surface area contributed by atoms with E-state index in [9.17, 15) is 0 Å². The van der Waals surface area contributed by atoms with Gasteiger partial charge in [-0.2, -0.15) is 0 Å². The maximum absolute atomic E-state index is 3.54. The van der Waals surface area contributed by atoms with Gasteiger partial charge in [0.1, 0.15) is 0 Å². The Labute approximate surface area is 99.2 Å². The largest absolute Gasteiger partial charge is 0.315 e. The molecule has 3 aliphatic rings. The molecule has 16 heavy (non-hydrogen) atoms. The zero-order chi connectivity index (χ0) is 11.1. The Kier molecular flexibility index (Phi) is 2.94. The van der Waals surface area contributed by atoms with Crippen molar-refractivity contribution in [3.63, 3.8) is 0 Å². The second-order valence-electron chi connectivity index (χ2n) is 6.04. The van der Waals surface area contributed by atoms with Crippen LogP contribution in [0.4, 0.5) is 0 Å². The molecule has 0 aromatic heterocycles. The molecule has 3 aliphatic heterocycles. The molecule has 3 heterocycles. The fourth-order valence-electron chi connectivity index (χ4n) is 3.91. The van der Waals surface area contributed by atoms with E-state index in [1.807, 2.05) is 0 Å². The van der Waals surface area contributed by atoms with Crippen LogP contribution in [0.2, 0.25) is 0 Å². The third kappa shape index (κ3) is 1.79. The summed E-state index contributed by atoms with van der Waals surface area (Å²) in [5.41, 5.74) is 0. The monoisotopic (exact) mass is 223 g/mol. The normalized spacial score (nSPS) is 46.1. The SMILES string of the molecule is CC1CNCC1N1CC2CCCN2CC1C. The number of hydrogen-bond acceptors (Lipinski definition) is 3. The summed E-state index contributed by atoms with van der Waals surface area (Å²) in [4.78, 5) is 5.51. The number of fused-ring (bicyclic) bond motifs is 1. The summed E-state index contributed by atoms with van der Waals surface area (Å²) >= 11 is 0. The lowest BCUT2D eigenvalue weighted by Gasteiger charge is -2.46. The van der Waals surface area contributed by atoms with Crippen LogP contribution < -0.4 is 5.32 Å². The van der Waals surface area contributed by atoms with Gasteiger partial charge < -0.3 is 5.32 Å². The fraction of sp³-hybridized carbons (Fsp3) is 1.00. The van der Waals surface area contributed by atoms with E-state index in [1.165, 1.54) is 45.6 Å². The summed E-state index contributed by atoms with van der Waals surface area (Å²) in [6.45, 7) is 11.2. The minimum absolute atomic E-state index is 0.752. The van der Waals surface area contributed by atoms with Gasteiger partial charge in [0, 0.05) is 37.8 Å². The molecule has 3 saturated heterocycles. The van der Waals surface area contributed by atoms with Gasteiger partial charge in [0.2, 0.25) is 0 Å². The molecule has 3 fully saturated rings. The van der Waals surface area contributed by atoms with Gasteiger partial charge in [-0.05, 0) is 38.8 Å². The molecule has 1 N–H and O–H groups in total. The van der Waals surface area contributed by atoms with E-state index in [0.717, 1.165) is 24.0 Å². The van der Waals surface area contributed by atoms with Crippen molar-refractivity contribution in [1.29, 1.82) is 0 Å². The van der Waals surface area contributed by atoms with Crippen molar-refractivity contribution < 1.29 is 0 Å². The average Bonchev–Trinajstić information content (AvgIpc) is 2.85. The van der Waals surface area contributed by atoms with Gasteiger partial charge in [-0.3, -0.25) is 9.80 Å². The molecule has 0 spiro atoms. The lowest BCUT2D eigenvalue weighted by atomic mass is 9.99. The Morgan fingerprint density at radius 1 is 1.12 bits per heavy atom. The number of piperazine rings is 1. The van der Waals surface area contributed by atoms with Crippen LogP contribution in [0.15, 0.2) is 0 Å². The van der Waals surface area contributed by atoms with Gasteiger partial charge in [0.15, 0.2) is 0 Å². The second kappa shape index (κ2) is 4.28. The summed E-state index contributed by atoms with van der Waals surface area (Å²) in [5, 5.41) is 3.54. The lowest BCUT2D eigenvalue weighted by molar-refractivity contribution is 0.0228. The van der Waals surface area contributed by atoms with Crippen molar-refractivity contribution in [2.75, 3.05) is 32.7 Å². The molecule has 4 unspecified atom stereocenters. The van der Waals surface area contributed by atoms with E-state index in [1.54, 1.807) is 0 Å². The predicted octanol–water partition coefficient (Wildman–Crippen LogP) is 0.763. The third-order valence-corrected chi connectivity index (χ3v) is 4.89. The average molecular weight is 223 g/mol. The molecule has 3 heteroatoms. The number of nitrogens with zero attached hydrogens (tertiary/aromatic N) is 2. The summed E-state index contributed by atoms with van der Waals surface area (Å²) in [5.74, 6) is 0.829. The highest BCUT2D eigenvalue weighted by Crippen LogP contribution is 2.28. The highest BCUT2D eigenvalue weighted by atomic mass is 15.3. The van der Waals surface area contributed by atoms with Gasteiger partial charge in [-0.15, -0.1) is 0 Å². The predicted molar refractivity (Wildman–Crippen MR) is 66.6 cm³/mol. The van der Waals surface area contributed by atoms with Gasteiger partial charge in [-0.25, -0.2) is 0 Å². The first-order valence-electron chi connectivity index (χ1n) is 6.96. The second-order valence-corrected chi connectivity index (χ2v) is 6.04. The summed E-state index contributed by atoms with van der Waals surface area (Å²) in [6, 6.07) is 2.41. The molecule has 0 aliphatic carbocycles. The molecule has 0 aromatic rings. The van der Waals surface area contributed by atoms with Gasteiger partial charge in [0.05, 0.1) is 0 Å². The van der Waals surface area contributed by atoms with Crippen LogP contribution in [0.25, 0.3) is 0 Å². The van der Waals surface area contributed by atoms with Crippen molar-refractivity contribution in [1.82, 2.24) is 15.1 Å². The van der Waals surface area contributed by atoms with E-state index in [0.29, 0.717) is 0 Å². The molecule has 0 radical (unpaired) electrons. The summed E-state index contributed by atoms with van der Waals surface area (Å²) in [7, 11) is 0. The Hall–Kier alpha value is -0.120. The Balaban J connectivity index is 1.70. The van der Waals surface area contributed by atoms with Gasteiger partial charge in [-0.1, -0.05) is 6.92 Å². The van der Waals surface area contributed by atoms with E-state index in [-0.39, 0.29) is 0 Å². The first-order chi connectivity index (χ1) is 7.75. The number of nitrogens with one attached hydrogen (secondary N) is 1. The molecular weight excluding hydrogens is 198 g/mol. The van der Waals surface area contributed by atoms with Crippen molar-refractivity contribution in [3.8, 4) is 0 Å². The maximum atomic E-state index is 3.54. The van der Waals surface area contributed by atoms with Crippen molar-refractivity contribution >= 4 is 0 Å². The number of hydrogen-bond donors (Lipinski definition) is 1. The molecular formula is C13H25N3. The van der Waals surface area contributed by atoms with Crippen molar-refractivity contribution in [3.05, 3.63) is 0 Å². The third-order valence-electron chi connectivity index (χ3n) is 4.89. The summed E-state index contributed by atoms with van der Waals surface area (Å²) < 4.78 is 0. The van der Waals surface area contributed by atoms with Crippen LogP contribution in [0.1, 0.15) is 26.7 Å². The molecule has 92 valence electrons. The summed E-state index contributed by atoms with van der Waals surface area (Å²) in [6.07, 6.45) is 2.85. The molecule has 0 aromatic carbocycles. The van der Waals surface area contributed by atoms with Crippen LogP contribution in [0, 0.1) is 5.92 Å². The van der Waals surface area contributed by atoms with E-state index >= 15 is 0 Å². The molecule has 0 amide bonds. The molecule has 4 atom stereocenters. The van der Waals surface area contributed by atoms with Crippen LogP contribution in [-0.4, -0.2) is 60.6 Å². The minimum Gasteiger partial charge on any atom is -0.315 e. The van der Waals surface area contributed by atoms with E-state index < -0.39 is 0 Å². The maximum Gasteiger partial charge on any atom is 0.0262 e. The molecule has 0 bridgehead atoms. The quantitative estimate of drug-likeness (QED) is 0.708. The minimum atomic E-state index is 0.752. The standard InChI is InChI=1S/C13H25N3/c1-10-6-14-7-13(10)16-9-12-4-3-5-15(12)8-11(16)2/h10-14H,3-9H2,1-2H3. The van der Waals surface area contributed by atoms with Crippen molar-refractivity contribution in [2.24, 2.45) is 5.92 Å². The lowest BCUT2D eigenvalue weighted by Crippen LogP contribution is -2.59. The Bertz CT molecular complexity index is 256.